The van der Waals surface area contributed by atoms with Gasteiger partial charge in [-0.3, -0.25) is 4.79 Å². The zero-order valence-corrected chi connectivity index (χ0v) is 12.5. The second-order valence-electron chi connectivity index (χ2n) is 5.51. The summed E-state index contributed by atoms with van der Waals surface area (Å²) in [6.07, 6.45) is 5.42. The molecular formula is C15H19N5O2. The molecular weight excluding hydrogens is 282 g/mol. The van der Waals surface area contributed by atoms with Crippen LogP contribution in [0.5, 0.6) is 0 Å². The first kappa shape index (κ1) is 14.6. The minimum absolute atomic E-state index is 0.0353. The standard InChI is InChI=1S/C15H19N5O2/c1-11-4-13(18-10-17-11)5-12-7-20(2-3-22-8-12)15(21)14-6-16-9-19-14/h4,6,9-10,12H,2-3,5,7-8H2,1H3,(H,16,19). The fraction of sp³-hybridized carbons (Fsp3) is 0.467. The molecule has 0 radical (unpaired) electrons. The van der Waals surface area contributed by atoms with E-state index in [-0.39, 0.29) is 11.8 Å². The van der Waals surface area contributed by atoms with E-state index in [1.165, 1.54) is 6.33 Å². The summed E-state index contributed by atoms with van der Waals surface area (Å²) in [7, 11) is 0. The van der Waals surface area contributed by atoms with Crippen LogP contribution in [-0.4, -0.2) is 57.0 Å². The van der Waals surface area contributed by atoms with Gasteiger partial charge in [-0.25, -0.2) is 15.0 Å². The van der Waals surface area contributed by atoms with Crippen molar-refractivity contribution < 1.29 is 9.53 Å². The molecule has 2 aromatic rings. The summed E-state index contributed by atoms with van der Waals surface area (Å²) >= 11 is 0. The topological polar surface area (TPSA) is 84.0 Å². The van der Waals surface area contributed by atoms with Crippen molar-refractivity contribution in [1.82, 2.24) is 24.8 Å². The Morgan fingerprint density at radius 2 is 2.41 bits per heavy atom. The van der Waals surface area contributed by atoms with Gasteiger partial charge in [-0.15, -0.1) is 0 Å². The minimum Gasteiger partial charge on any atom is -0.379 e. The lowest BCUT2D eigenvalue weighted by atomic mass is 10.0. The van der Waals surface area contributed by atoms with E-state index in [1.807, 2.05) is 17.9 Å². The van der Waals surface area contributed by atoms with Crippen LogP contribution in [0.15, 0.2) is 24.9 Å². The number of amides is 1. The fourth-order valence-electron chi connectivity index (χ4n) is 2.65. The van der Waals surface area contributed by atoms with Gasteiger partial charge in [-0.05, 0) is 19.4 Å². The van der Waals surface area contributed by atoms with Gasteiger partial charge >= 0.3 is 0 Å². The Balaban J connectivity index is 1.68. The number of imidazole rings is 1. The largest absolute Gasteiger partial charge is 0.379 e. The van der Waals surface area contributed by atoms with Gasteiger partial charge < -0.3 is 14.6 Å². The molecule has 116 valence electrons. The molecule has 0 spiro atoms. The number of hydrogen-bond acceptors (Lipinski definition) is 5. The second-order valence-corrected chi connectivity index (χ2v) is 5.51. The number of rotatable bonds is 3. The van der Waals surface area contributed by atoms with E-state index in [1.54, 1.807) is 12.5 Å². The molecule has 0 aliphatic carbocycles. The molecule has 1 atom stereocenters. The molecule has 0 saturated carbocycles. The van der Waals surface area contributed by atoms with E-state index in [0.29, 0.717) is 32.0 Å². The van der Waals surface area contributed by atoms with Crippen molar-refractivity contribution in [2.24, 2.45) is 5.92 Å². The predicted molar refractivity (Wildman–Crippen MR) is 79.3 cm³/mol. The summed E-state index contributed by atoms with van der Waals surface area (Å²) in [5.41, 5.74) is 2.44. The highest BCUT2D eigenvalue weighted by Gasteiger charge is 2.24. The molecule has 2 aromatic heterocycles. The summed E-state index contributed by atoms with van der Waals surface area (Å²) in [6.45, 7) is 4.38. The van der Waals surface area contributed by atoms with E-state index in [2.05, 4.69) is 19.9 Å². The number of H-pyrrole nitrogens is 1. The molecule has 3 rings (SSSR count). The van der Waals surface area contributed by atoms with Crippen molar-refractivity contribution >= 4 is 5.91 Å². The number of nitrogens with zero attached hydrogens (tertiary/aromatic N) is 4. The van der Waals surface area contributed by atoms with Gasteiger partial charge in [0.05, 0.1) is 25.7 Å². The van der Waals surface area contributed by atoms with Crippen LogP contribution < -0.4 is 0 Å². The van der Waals surface area contributed by atoms with Crippen LogP contribution in [0.4, 0.5) is 0 Å². The van der Waals surface area contributed by atoms with Crippen LogP contribution in [0, 0.1) is 12.8 Å². The molecule has 0 aromatic carbocycles. The van der Waals surface area contributed by atoms with Crippen LogP contribution in [0.3, 0.4) is 0 Å². The van der Waals surface area contributed by atoms with Crippen LogP contribution in [0.2, 0.25) is 0 Å². The number of aryl methyl sites for hydroxylation is 1. The third kappa shape index (κ3) is 3.48. The molecule has 3 heterocycles. The number of aromatic nitrogens is 4. The Kier molecular flexibility index (Phi) is 4.43. The maximum absolute atomic E-state index is 12.4. The Morgan fingerprint density at radius 3 is 3.18 bits per heavy atom. The number of nitrogens with one attached hydrogen (secondary N) is 1. The smallest absolute Gasteiger partial charge is 0.272 e. The Bertz CT molecular complexity index is 629. The van der Waals surface area contributed by atoms with Crippen LogP contribution >= 0.6 is 0 Å². The number of hydrogen-bond donors (Lipinski definition) is 1. The first-order valence-electron chi connectivity index (χ1n) is 7.35. The molecule has 22 heavy (non-hydrogen) atoms. The van der Waals surface area contributed by atoms with Crippen molar-refractivity contribution in [3.8, 4) is 0 Å². The third-order valence-corrected chi connectivity index (χ3v) is 3.71. The highest BCUT2D eigenvalue weighted by Crippen LogP contribution is 2.14. The highest BCUT2D eigenvalue weighted by atomic mass is 16.5. The zero-order valence-electron chi connectivity index (χ0n) is 12.5. The maximum Gasteiger partial charge on any atom is 0.272 e. The van der Waals surface area contributed by atoms with Crippen molar-refractivity contribution in [2.75, 3.05) is 26.3 Å². The molecule has 1 aliphatic rings. The number of ether oxygens (including phenoxy) is 1. The van der Waals surface area contributed by atoms with Gasteiger partial charge in [0.25, 0.3) is 5.91 Å². The predicted octanol–water partition coefficient (Wildman–Crippen LogP) is 0.839. The van der Waals surface area contributed by atoms with E-state index >= 15 is 0 Å². The van der Waals surface area contributed by atoms with Gasteiger partial charge in [0, 0.05) is 30.4 Å². The Morgan fingerprint density at radius 1 is 1.50 bits per heavy atom. The summed E-state index contributed by atoms with van der Waals surface area (Å²) in [6, 6.07) is 1.98. The first-order chi connectivity index (χ1) is 10.7. The van der Waals surface area contributed by atoms with E-state index < -0.39 is 0 Å². The van der Waals surface area contributed by atoms with E-state index in [4.69, 9.17) is 4.74 Å². The molecule has 1 N–H and O–H groups in total. The summed E-state index contributed by atoms with van der Waals surface area (Å²) in [5.74, 6) is 0.190. The monoisotopic (exact) mass is 301 g/mol. The molecule has 1 amide bonds. The minimum atomic E-state index is -0.0353. The lowest BCUT2D eigenvalue weighted by molar-refractivity contribution is 0.0732. The highest BCUT2D eigenvalue weighted by molar-refractivity contribution is 5.92. The summed E-state index contributed by atoms with van der Waals surface area (Å²) < 4.78 is 5.64. The molecule has 1 aliphatic heterocycles. The fourth-order valence-corrected chi connectivity index (χ4v) is 2.65. The number of carbonyl (C=O) groups excluding carboxylic acids is 1. The summed E-state index contributed by atoms with van der Waals surface area (Å²) in [4.78, 5) is 29.4. The average Bonchev–Trinajstić information content (AvgIpc) is 2.94. The van der Waals surface area contributed by atoms with Gasteiger partial charge in [0.1, 0.15) is 12.0 Å². The SMILES string of the molecule is Cc1cc(CC2COCCN(C(=O)c3cnc[nH]3)C2)ncn1. The molecule has 7 nitrogen and oxygen atoms in total. The zero-order chi connectivity index (χ0) is 15.4. The van der Waals surface area contributed by atoms with Gasteiger partial charge in [0.15, 0.2) is 0 Å². The number of aromatic amines is 1. The first-order valence-corrected chi connectivity index (χ1v) is 7.35. The quantitative estimate of drug-likeness (QED) is 0.908. The summed E-state index contributed by atoms with van der Waals surface area (Å²) in [5, 5.41) is 0. The molecule has 0 bridgehead atoms. The third-order valence-electron chi connectivity index (χ3n) is 3.71. The van der Waals surface area contributed by atoms with Crippen LogP contribution in [0.25, 0.3) is 0 Å². The molecule has 1 unspecified atom stereocenters. The maximum atomic E-state index is 12.4. The van der Waals surface area contributed by atoms with Crippen molar-refractivity contribution in [2.45, 2.75) is 13.3 Å². The molecule has 1 saturated heterocycles. The van der Waals surface area contributed by atoms with E-state index in [9.17, 15) is 4.79 Å². The average molecular weight is 301 g/mol. The lowest BCUT2D eigenvalue weighted by Crippen LogP contribution is -2.36. The Labute approximate surface area is 128 Å². The second kappa shape index (κ2) is 6.65. The van der Waals surface area contributed by atoms with Crippen molar-refractivity contribution in [1.29, 1.82) is 0 Å². The van der Waals surface area contributed by atoms with Crippen LogP contribution in [0.1, 0.15) is 21.9 Å². The Hall–Kier alpha value is -2.28. The number of carbonyl (C=O) groups is 1. The van der Waals surface area contributed by atoms with Gasteiger partial charge in [-0.2, -0.15) is 0 Å². The molecule has 1 fully saturated rings. The van der Waals surface area contributed by atoms with Crippen molar-refractivity contribution in [3.05, 3.63) is 42.0 Å². The van der Waals surface area contributed by atoms with Crippen molar-refractivity contribution in [3.63, 3.8) is 0 Å². The normalized spacial score (nSPS) is 19.0. The van der Waals surface area contributed by atoms with Crippen LogP contribution in [-0.2, 0) is 11.2 Å². The van der Waals surface area contributed by atoms with Gasteiger partial charge in [0.2, 0.25) is 0 Å². The van der Waals surface area contributed by atoms with E-state index in [0.717, 1.165) is 17.8 Å². The van der Waals surface area contributed by atoms with Gasteiger partial charge in [-0.1, -0.05) is 0 Å². The lowest BCUT2D eigenvalue weighted by Gasteiger charge is -2.22. The molecule has 7 heteroatoms.